The summed E-state index contributed by atoms with van der Waals surface area (Å²) in [6, 6.07) is 5.74. The maximum absolute atomic E-state index is 11.8. The second kappa shape index (κ2) is 3.86. The summed E-state index contributed by atoms with van der Waals surface area (Å²) in [6.45, 7) is 0. The van der Waals surface area contributed by atoms with Gasteiger partial charge in [0.1, 0.15) is 6.26 Å². The topological polar surface area (TPSA) is 98.2 Å². The molecule has 16 heavy (non-hydrogen) atoms. The van der Waals surface area contributed by atoms with E-state index in [2.05, 4.69) is 9.71 Å². The summed E-state index contributed by atoms with van der Waals surface area (Å²) in [5.74, 6) is 0. The van der Waals surface area contributed by atoms with Crippen LogP contribution >= 0.6 is 0 Å². The number of hydrogen-bond donors (Lipinski definition) is 2. The van der Waals surface area contributed by atoms with Crippen molar-refractivity contribution in [1.82, 2.24) is 4.98 Å². The van der Waals surface area contributed by atoms with E-state index in [1.54, 1.807) is 0 Å². The molecule has 0 atom stereocenters. The zero-order valence-corrected chi connectivity index (χ0v) is 8.94. The van der Waals surface area contributed by atoms with Gasteiger partial charge in [-0.15, -0.1) is 0 Å². The van der Waals surface area contributed by atoms with Crippen molar-refractivity contribution < 1.29 is 12.8 Å². The molecular formula is C9H9N3O3S. The molecule has 7 heteroatoms. The minimum Gasteiger partial charge on any atom is -0.432 e. The lowest BCUT2D eigenvalue weighted by atomic mass is 10.3. The molecule has 6 nitrogen and oxygen atoms in total. The SMILES string of the molecule is Nc1ccc(S(=O)(=O)Nc2ncco2)cc1. The third-order valence-corrected chi connectivity index (χ3v) is 3.18. The fourth-order valence-electron chi connectivity index (χ4n) is 1.09. The first-order valence-corrected chi connectivity index (χ1v) is 5.84. The van der Waals surface area contributed by atoms with E-state index in [0.29, 0.717) is 5.69 Å². The van der Waals surface area contributed by atoms with Crippen LogP contribution in [0.25, 0.3) is 0 Å². The number of hydrogen-bond acceptors (Lipinski definition) is 5. The number of nitrogens with zero attached hydrogens (tertiary/aromatic N) is 1. The predicted molar refractivity (Wildman–Crippen MR) is 58.2 cm³/mol. The molecule has 3 N–H and O–H groups in total. The van der Waals surface area contributed by atoms with E-state index in [1.807, 2.05) is 0 Å². The van der Waals surface area contributed by atoms with Crippen molar-refractivity contribution in [3.8, 4) is 0 Å². The number of aromatic nitrogens is 1. The fourth-order valence-corrected chi connectivity index (χ4v) is 2.04. The van der Waals surface area contributed by atoms with Crippen molar-refractivity contribution in [3.05, 3.63) is 36.7 Å². The van der Waals surface area contributed by atoms with Crippen LogP contribution in [0.5, 0.6) is 0 Å². The van der Waals surface area contributed by atoms with Gasteiger partial charge in [0.2, 0.25) is 0 Å². The number of rotatable bonds is 3. The first-order valence-electron chi connectivity index (χ1n) is 4.36. The molecular weight excluding hydrogens is 230 g/mol. The van der Waals surface area contributed by atoms with Crippen molar-refractivity contribution >= 4 is 21.7 Å². The Morgan fingerprint density at radius 3 is 2.50 bits per heavy atom. The second-order valence-electron chi connectivity index (χ2n) is 3.01. The molecule has 0 aliphatic carbocycles. The minimum absolute atomic E-state index is 0.0724. The molecule has 0 saturated heterocycles. The molecule has 0 spiro atoms. The highest BCUT2D eigenvalue weighted by molar-refractivity contribution is 7.92. The highest BCUT2D eigenvalue weighted by atomic mass is 32.2. The lowest BCUT2D eigenvalue weighted by Crippen LogP contribution is -2.13. The first kappa shape index (κ1) is 10.5. The molecule has 0 amide bonds. The maximum Gasteiger partial charge on any atom is 0.308 e. The third-order valence-electron chi connectivity index (χ3n) is 1.84. The van der Waals surface area contributed by atoms with E-state index in [9.17, 15) is 8.42 Å². The van der Waals surface area contributed by atoms with Crippen molar-refractivity contribution in [2.45, 2.75) is 4.90 Å². The zero-order valence-electron chi connectivity index (χ0n) is 8.12. The fraction of sp³-hybridized carbons (Fsp3) is 0. The van der Waals surface area contributed by atoms with E-state index >= 15 is 0 Å². The summed E-state index contributed by atoms with van der Waals surface area (Å²) < 4.78 is 30.5. The van der Waals surface area contributed by atoms with Gasteiger partial charge in [-0.1, -0.05) is 0 Å². The number of nitrogens with one attached hydrogen (secondary N) is 1. The smallest absolute Gasteiger partial charge is 0.308 e. The quantitative estimate of drug-likeness (QED) is 0.780. The lowest BCUT2D eigenvalue weighted by molar-refractivity contribution is 0.570. The lowest BCUT2D eigenvalue weighted by Gasteiger charge is -2.04. The Hall–Kier alpha value is -2.02. The standard InChI is InChI=1S/C9H9N3O3S/c10-7-1-3-8(4-2-7)16(13,14)12-9-11-5-6-15-9/h1-6H,10H2,(H,11,12). The summed E-state index contributed by atoms with van der Waals surface area (Å²) in [7, 11) is -3.66. The number of oxazole rings is 1. The summed E-state index contributed by atoms with van der Waals surface area (Å²) in [6.07, 6.45) is 2.63. The zero-order chi connectivity index (χ0) is 11.6. The molecule has 0 aliphatic rings. The molecule has 0 fully saturated rings. The van der Waals surface area contributed by atoms with E-state index < -0.39 is 10.0 Å². The molecule has 0 radical (unpaired) electrons. The van der Waals surface area contributed by atoms with Crippen LogP contribution < -0.4 is 10.5 Å². The molecule has 0 bridgehead atoms. The average molecular weight is 239 g/mol. The molecule has 0 unspecified atom stereocenters. The molecule has 84 valence electrons. The van der Waals surface area contributed by atoms with Gasteiger partial charge in [-0.05, 0) is 24.3 Å². The van der Waals surface area contributed by atoms with Gasteiger partial charge in [0.05, 0.1) is 11.1 Å². The van der Waals surface area contributed by atoms with Crippen molar-refractivity contribution in [3.63, 3.8) is 0 Å². The number of nitrogen functional groups attached to an aromatic ring is 1. The molecule has 2 aromatic rings. The summed E-state index contributed by atoms with van der Waals surface area (Å²) in [5, 5.41) is 0. The largest absolute Gasteiger partial charge is 0.432 e. The molecule has 2 rings (SSSR count). The van der Waals surface area contributed by atoms with Gasteiger partial charge in [0, 0.05) is 5.69 Å². The van der Waals surface area contributed by atoms with Crippen LogP contribution in [0.15, 0.2) is 46.0 Å². The van der Waals surface area contributed by atoms with Gasteiger partial charge in [-0.25, -0.2) is 18.1 Å². The van der Waals surface area contributed by atoms with Gasteiger partial charge >= 0.3 is 6.01 Å². The molecule has 1 heterocycles. The van der Waals surface area contributed by atoms with Crippen molar-refractivity contribution in [2.75, 3.05) is 10.5 Å². The van der Waals surface area contributed by atoms with Crippen molar-refractivity contribution in [2.24, 2.45) is 0 Å². The van der Waals surface area contributed by atoms with Crippen LogP contribution in [0, 0.1) is 0 Å². The van der Waals surface area contributed by atoms with E-state index in [4.69, 9.17) is 10.2 Å². The molecule has 1 aromatic carbocycles. The van der Waals surface area contributed by atoms with Gasteiger partial charge in [0.15, 0.2) is 0 Å². The Bertz CT molecular complexity index is 561. The van der Waals surface area contributed by atoms with Crippen molar-refractivity contribution in [1.29, 1.82) is 0 Å². The number of benzene rings is 1. The number of anilines is 2. The highest BCUT2D eigenvalue weighted by Gasteiger charge is 2.15. The Morgan fingerprint density at radius 2 is 1.94 bits per heavy atom. The minimum atomic E-state index is -3.66. The third kappa shape index (κ3) is 2.14. The van der Waals surface area contributed by atoms with Gasteiger partial charge in [-0.2, -0.15) is 0 Å². The normalized spacial score (nSPS) is 11.2. The Balaban J connectivity index is 2.29. The highest BCUT2D eigenvalue weighted by Crippen LogP contribution is 2.15. The second-order valence-corrected chi connectivity index (χ2v) is 4.69. The van der Waals surface area contributed by atoms with Crippen LogP contribution in [-0.4, -0.2) is 13.4 Å². The summed E-state index contributed by atoms with van der Waals surface area (Å²) >= 11 is 0. The first-order chi connectivity index (χ1) is 7.58. The molecule has 0 aliphatic heterocycles. The maximum atomic E-state index is 11.8. The molecule has 0 saturated carbocycles. The Kier molecular flexibility index (Phi) is 2.53. The van der Waals surface area contributed by atoms with Crippen LogP contribution in [0.1, 0.15) is 0 Å². The number of nitrogens with two attached hydrogens (primary N) is 1. The van der Waals surface area contributed by atoms with Gasteiger partial charge in [0.25, 0.3) is 10.0 Å². The van der Waals surface area contributed by atoms with E-state index in [-0.39, 0.29) is 10.9 Å². The van der Waals surface area contributed by atoms with Crippen LogP contribution in [0.2, 0.25) is 0 Å². The summed E-state index contributed by atoms with van der Waals surface area (Å²) in [4.78, 5) is 3.76. The van der Waals surface area contributed by atoms with E-state index in [1.165, 1.54) is 36.7 Å². The molecule has 1 aromatic heterocycles. The van der Waals surface area contributed by atoms with Crippen LogP contribution in [0.4, 0.5) is 11.7 Å². The predicted octanol–water partition coefficient (Wildman–Crippen LogP) is 1.06. The Labute approximate surface area is 92.2 Å². The van der Waals surface area contributed by atoms with Gasteiger partial charge in [-0.3, -0.25) is 0 Å². The van der Waals surface area contributed by atoms with Crippen LogP contribution in [0.3, 0.4) is 0 Å². The van der Waals surface area contributed by atoms with E-state index in [0.717, 1.165) is 0 Å². The van der Waals surface area contributed by atoms with Crippen LogP contribution in [-0.2, 0) is 10.0 Å². The average Bonchev–Trinajstić information content (AvgIpc) is 2.70. The number of sulfonamides is 1. The monoisotopic (exact) mass is 239 g/mol. The summed E-state index contributed by atoms with van der Waals surface area (Å²) in [5.41, 5.74) is 5.96. The van der Waals surface area contributed by atoms with Gasteiger partial charge < -0.3 is 10.2 Å². The Morgan fingerprint density at radius 1 is 1.25 bits per heavy atom.